The molecule has 0 bridgehead atoms. The molecule has 0 aliphatic carbocycles. The van der Waals surface area contributed by atoms with Crippen molar-refractivity contribution < 1.29 is 8.42 Å². The van der Waals surface area contributed by atoms with Crippen molar-refractivity contribution in [1.29, 1.82) is 0 Å². The first kappa shape index (κ1) is 13.5. The van der Waals surface area contributed by atoms with E-state index < -0.39 is 10.2 Å². The topological polar surface area (TPSA) is 62.3 Å². The van der Waals surface area contributed by atoms with E-state index >= 15 is 0 Å². The van der Waals surface area contributed by atoms with E-state index in [2.05, 4.69) is 9.71 Å². The molecule has 0 aliphatic heterocycles. The van der Waals surface area contributed by atoms with Crippen molar-refractivity contribution in [1.82, 2.24) is 9.71 Å². The van der Waals surface area contributed by atoms with Crippen LogP contribution >= 0.6 is 0 Å². The second-order valence-electron chi connectivity index (χ2n) is 3.91. The highest BCUT2D eigenvalue weighted by atomic mass is 32.2. The molecule has 0 fully saturated rings. The molecule has 0 saturated heterocycles. The third-order valence-electron chi connectivity index (χ3n) is 2.64. The lowest BCUT2D eigenvalue weighted by atomic mass is 10.2. The smallest absolute Gasteiger partial charge is 0.264 e. The van der Waals surface area contributed by atoms with Crippen LogP contribution in [0, 0.1) is 0 Å². The fourth-order valence-corrected chi connectivity index (χ4v) is 2.62. The number of anilines is 1. The molecule has 0 amide bonds. The van der Waals surface area contributed by atoms with Crippen molar-refractivity contribution in [2.24, 2.45) is 0 Å². The minimum absolute atomic E-state index is 0.237. The second-order valence-corrected chi connectivity index (χ2v) is 5.71. The zero-order valence-corrected chi connectivity index (χ0v) is 11.3. The summed E-state index contributed by atoms with van der Waals surface area (Å²) in [4.78, 5) is 4.00. The van der Waals surface area contributed by atoms with Gasteiger partial charge in [-0.2, -0.15) is 8.42 Å². The first-order valence-electron chi connectivity index (χ1n) is 5.78. The molecule has 1 aromatic carbocycles. The number of para-hydroxylation sites is 1. The van der Waals surface area contributed by atoms with Crippen LogP contribution in [0.25, 0.3) is 0 Å². The Morgan fingerprint density at radius 3 is 2.47 bits per heavy atom. The zero-order chi connectivity index (χ0) is 13.7. The Morgan fingerprint density at radius 1 is 1.16 bits per heavy atom. The van der Waals surface area contributed by atoms with Gasteiger partial charge in [0.15, 0.2) is 0 Å². The molecule has 0 unspecified atom stereocenters. The minimum atomic E-state index is -3.56. The Bertz CT molecular complexity index is 615. The number of hydrogen-bond acceptors (Lipinski definition) is 3. The summed E-state index contributed by atoms with van der Waals surface area (Å²) in [5, 5.41) is 0. The Morgan fingerprint density at radius 2 is 1.89 bits per heavy atom. The maximum absolute atomic E-state index is 12.1. The summed E-state index contributed by atoms with van der Waals surface area (Å²) in [6, 6.07) is 12.6. The van der Waals surface area contributed by atoms with Crippen LogP contribution in [-0.4, -0.2) is 20.4 Å². The molecule has 2 rings (SSSR count). The molecule has 100 valence electrons. The fourth-order valence-electron chi connectivity index (χ4n) is 1.68. The Balaban J connectivity index is 2.36. The molecule has 0 aliphatic rings. The van der Waals surface area contributed by atoms with Gasteiger partial charge in [0, 0.05) is 19.4 Å². The van der Waals surface area contributed by atoms with Gasteiger partial charge in [0.1, 0.15) is 0 Å². The van der Waals surface area contributed by atoms with E-state index in [9.17, 15) is 8.42 Å². The molecule has 5 nitrogen and oxygen atoms in total. The van der Waals surface area contributed by atoms with Crippen LogP contribution in [0.4, 0.5) is 5.69 Å². The van der Waals surface area contributed by atoms with E-state index in [4.69, 9.17) is 0 Å². The monoisotopic (exact) mass is 277 g/mol. The van der Waals surface area contributed by atoms with Gasteiger partial charge in [-0.3, -0.25) is 9.29 Å². The van der Waals surface area contributed by atoms with E-state index in [-0.39, 0.29) is 6.54 Å². The summed E-state index contributed by atoms with van der Waals surface area (Å²) >= 11 is 0. The highest BCUT2D eigenvalue weighted by Gasteiger charge is 2.20. The number of aromatic nitrogens is 1. The number of hydrogen-bond donors (Lipinski definition) is 1. The van der Waals surface area contributed by atoms with Crippen LogP contribution in [0.2, 0.25) is 0 Å². The number of rotatable bonds is 5. The maximum Gasteiger partial charge on any atom is 0.301 e. The van der Waals surface area contributed by atoms with Crippen molar-refractivity contribution in [2.75, 3.05) is 11.4 Å². The Kier molecular flexibility index (Phi) is 4.13. The van der Waals surface area contributed by atoms with Crippen LogP contribution in [0.15, 0.2) is 54.9 Å². The lowest BCUT2D eigenvalue weighted by Gasteiger charge is -2.23. The Labute approximate surface area is 113 Å². The number of pyridine rings is 1. The first-order chi connectivity index (χ1) is 9.13. The molecule has 0 atom stereocenters. The number of nitrogens with zero attached hydrogens (tertiary/aromatic N) is 2. The lowest BCUT2D eigenvalue weighted by Crippen LogP contribution is -2.38. The predicted octanol–water partition coefficient (Wildman–Crippen LogP) is 1.55. The van der Waals surface area contributed by atoms with Gasteiger partial charge in [-0.15, -0.1) is 0 Å². The molecule has 0 radical (unpaired) electrons. The van der Waals surface area contributed by atoms with E-state index in [1.165, 1.54) is 11.4 Å². The summed E-state index contributed by atoms with van der Waals surface area (Å²) in [7, 11) is -2.16. The third kappa shape index (κ3) is 3.30. The lowest BCUT2D eigenvalue weighted by molar-refractivity contribution is 0.582. The van der Waals surface area contributed by atoms with Crippen molar-refractivity contribution >= 4 is 15.9 Å². The summed E-state index contributed by atoms with van der Waals surface area (Å²) in [6.45, 7) is 0.237. The maximum atomic E-state index is 12.1. The van der Waals surface area contributed by atoms with Crippen molar-refractivity contribution in [3.63, 3.8) is 0 Å². The van der Waals surface area contributed by atoms with Gasteiger partial charge in [0.25, 0.3) is 0 Å². The number of nitrogens with one attached hydrogen (secondary N) is 1. The molecule has 2 aromatic rings. The van der Waals surface area contributed by atoms with Crippen LogP contribution in [0.1, 0.15) is 5.56 Å². The summed E-state index contributed by atoms with van der Waals surface area (Å²) in [5.41, 5.74) is 1.44. The van der Waals surface area contributed by atoms with Crippen molar-refractivity contribution in [3.05, 3.63) is 60.4 Å². The van der Waals surface area contributed by atoms with Gasteiger partial charge < -0.3 is 0 Å². The summed E-state index contributed by atoms with van der Waals surface area (Å²) < 4.78 is 27.8. The van der Waals surface area contributed by atoms with Gasteiger partial charge in [-0.1, -0.05) is 24.3 Å². The van der Waals surface area contributed by atoms with E-state index in [0.29, 0.717) is 5.69 Å². The predicted molar refractivity (Wildman–Crippen MR) is 74.8 cm³/mol. The molecular formula is C13H15N3O2S. The first-order valence-corrected chi connectivity index (χ1v) is 7.22. The highest BCUT2D eigenvalue weighted by Crippen LogP contribution is 2.19. The fraction of sp³-hybridized carbons (Fsp3) is 0.154. The molecule has 19 heavy (non-hydrogen) atoms. The minimum Gasteiger partial charge on any atom is -0.264 e. The van der Waals surface area contributed by atoms with Gasteiger partial charge in [-0.25, -0.2) is 4.72 Å². The van der Waals surface area contributed by atoms with Crippen molar-refractivity contribution in [2.45, 2.75) is 6.54 Å². The average molecular weight is 277 g/mol. The van der Waals surface area contributed by atoms with E-state index in [1.807, 2.05) is 12.1 Å². The third-order valence-corrected chi connectivity index (χ3v) is 4.08. The van der Waals surface area contributed by atoms with Gasteiger partial charge in [-0.05, 0) is 23.8 Å². The molecule has 1 heterocycles. The summed E-state index contributed by atoms with van der Waals surface area (Å²) in [5.74, 6) is 0. The van der Waals surface area contributed by atoms with Crippen LogP contribution in [0.3, 0.4) is 0 Å². The molecule has 0 spiro atoms. The molecule has 1 N–H and O–H groups in total. The SMILES string of the molecule is CNS(=O)(=O)N(Cc1cccnc1)c1ccccc1. The van der Waals surface area contributed by atoms with Crippen LogP contribution in [-0.2, 0) is 16.8 Å². The van der Waals surface area contributed by atoms with Crippen LogP contribution in [0.5, 0.6) is 0 Å². The van der Waals surface area contributed by atoms with Gasteiger partial charge in [0.05, 0.1) is 12.2 Å². The Hall–Kier alpha value is -1.92. The molecule has 6 heteroatoms. The molecule has 0 saturated carbocycles. The quantitative estimate of drug-likeness (QED) is 0.902. The summed E-state index contributed by atoms with van der Waals surface area (Å²) in [6.07, 6.45) is 3.31. The largest absolute Gasteiger partial charge is 0.301 e. The zero-order valence-electron chi connectivity index (χ0n) is 10.5. The van der Waals surface area contributed by atoms with Gasteiger partial charge >= 0.3 is 10.2 Å². The highest BCUT2D eigenvalue weighted by molar-refractivity contribution is 7.90. The van der Waals surface area contributed by atoms with E-state index in [0.717, 1.165) is 5.56 Å². The van der Waals surface area contributed by atoms with E-state index in [1.54, 1.807) is 42.7 Å². The number of benzene rings is 1. The standard InChI is InChI=1S/C13H15N3O2S/c1-14-19(17,18)16(13-7-3-2-4-8-13)11-12-6-5-9-15-10-12/h2-10,14H,11H2,1H3. The average Bonchev–Trinajstić information content (AvgIpc) is 2.46. The normalized spacial score (nSPS) is 11.2. The van der Waals surface area contributed by atoms with Gasteiger partial charge in [0.2, 0.25) is 0 Å². The van der Waals surface area contributed by atoms with Crippen LogP contribution < -0.4 is 9.03 Å². The van der Waals surface area contributed by atoms with Crippen molar-refractivity contribution in [3.8, 4) is 0 Å². The molecular weight excluding hydrogens is 262 g/mol. The second kappa shape index (κ2) is 5.81. The molecule has 1 aromatic heterocycles.